The van der Waals surface area contributed by atoms with E-state index in [9.17, 15) is 4.39 Å². The molecule has 0 bridgehead atoms. The van der Waals surface area contributed by atoms with E-state index in [1.165, 1.54) is 11.6 Å². The minimum Gasteiger partial charge on any atom is -0.376 e. The second kappa shape index (κ2) is 6.93. The third-order valence-corrected chi connectivity index (χ3v) is 3.17. The molecule has 0 aliphatic heterocycles. The highest BCUT2D eigenvalue weighted by atomic mass is 19.1. The van der Waals surface area contributed by atoms with Gasteiger partial charge < -0.3 is 10.1 Å². The van der Waals surface area contributed by atoms with Crippen LogP contribution in [0.2, 0.25) is 0 Å². The maximum atomic E-state index is 13.9. The molecular formula is C19H24FNO. The van der Waals surface area contributed by atoms with Crippen LogP contribution in [-0.4, -0.2) is 6.61 Å². The van der Waals surface area contributed by atoms with Gasteiger partial charge in [0.25, 0.3) is 0 Å². The lowest BCUT2D eigenvalue weighted by Crippen LogP contribution is -2.14. The van der Waals surface area contributed by atoms with Crippen molar-refractivity contribution in [2.24, 2.45) is 5.41 Å². The SMILES string of the molecule is Cc1ccc(Nc2cc(COCC(C)(C)C)ccc2F)cc1. The van der Waals surface area contributed by atoms with Gasteiger partial charge >= 0.3 is 0 Å². The molecule has 0 saturated carbocycles. The Labute approximate surface area is 132 Å². The van der Waals surface area contributed by atoms with Crippen LogP contribution in [0.25, 0.3) is 0 Å². The molecule has 2 nitrogen and oxygen atoms in total. The average molecular weight is 301 g/mol. The maximum Gasteiger partial charge on any atom is 0.146 e. The van der Waals surface area contributed by atoms with E-state index in [2.05, 4.69) is 26.1 Å². The first-order valence-corrected chi connectivity index (χ1v) is 7.53. The van der Waals surface area contributed by atoms with E-state index >= 15 is 0 Å². The fourth-order valence-corrected chi connectivity index (χ4v) is 2.03. The Morgan fingerprint density at radius 3 is 2.36 bits per heavy atom. The van der Waals surface area contributed by atoms with Crippen LogP contribution in [0.1, 0.15) is 31.9 Å². The van der Waals surface area contributed by atoms with Crippen LogP contribution >= 0.6 is 0 Å². The zero-order valence-corrected chi connectivity index (χ0v) is 13.7. The number of ether oxygens (including phenoxy) is 1. The van der Waals surface area contributed by atoms with Crippen molar-refractivity contribution < 1.29 is 9.13 Å². The molecule has 0 aromatic heterocycles. The quantitative estimate of drug-likeness (QED) is 0.794. The number of benzene rings is 2. The molecule has 0 aliphatic carbocycles. The summed E-state index contributed by atoms with van der Waals surface area (Å²) in [4.78, 5) is 0. The zero-order chi connectivity index (χ0) is 16.2. The number of aryl methyl sites for hydroxylation is 1. The molecule has 2 aromatic carbocycles. The summed E-state index contributed by atoms with van der Waals surface area (Å²) in [5, 5.41) is 3.12. The average Bonchev–Trinajstić information content (AvgIpc) is 2.43. The predicted octanol–water partition coefficient (Wildman–Crippen LogP) is 5.44. The molecule has 0 amide bonds. The molecule has 0 saturated heterocycles. The van der Waals surface area contributed by atoms with Gasteiger partial charge in [-0.3, -0.25) is 0 Å². The summed E-state index contributed by atoms with van der Waals surface area (Å²) < 4.78 is 19.6. The van der Waals surface area contributed by atoms with Crippen molar-refractivity contribution in [2.75, 3.05) is 11.9 Å². The van der Waals surface area contributed by atoms with E-state index in [-0.39, 0.29) is 11.2 Å². The first-order chi connectivity index (χ1) is 10.3. The molecule has 0 unspecified atom stereocenters. The van der Waals surface area contributed by atoms with Gasteiger partial charge in [-0.2, -0.15) is 0 Å². The van der Waals surface area contributed by atoms with Crippen LogP contribution in [0.15, 0.2) is 42.5 Å². The number of nitrogens with one attached hydrogen (secondary N) is 1. The van der Waals surface area contributed by atoms with Crippen molar-refractivity contribution in [1.29, 1.82) is 0 Å². The highest BCUT2D eigenvalue weighted by Crippen LogP contribution is 2.22. The number of hydrogen-bond acceptors (Lipinski definition) is 2. The first-order valence-electron chi connectivity index (χ1n) is 7.53. The molecule has 1 N–H and O–H groups in total. The summed E-state index contributed by atoms with van der Waals surface area (Å²) in [5.74, 6) is -0.264. The summed E-state index contributed by atoms with van der Waals surface area (Å²) in [6.07, 6.45) is 0. The van der Waals surface area contributed by atoms with Crippen molar-refractivity contribution in [3.63, 3.8) is 0 Å². The fourth-order valence-electron chi connectivity index (χ4n) is 2.03. The number of halogens is 1. The third-order valence-electron chi connectivity index (χ3n) is 3.17. The Kier molecular flexibility index (Phi) is 5.19. The van der Waals surface area contributed by atoms with Gasteiger partial charge in [0, 0.05) is 5.69 Å². The van der Waals surface area contributed by atoms with Gasteiger partial charge in [0.2, 0.25) is 0 Å². The van der Waals surface area contributed by atoms with E-state index in [1.54, 1.807) is 12.1 Å². The van der Waals surface area contributed by atoms with Crippen molar-refractivity contribution >= 4 is 11.4 Å². The first kappa shape index (κ1) is 16.5. The van der Waals surface area contributed by atoms with Gasteiger partial charge in [0.05, 0.1) is 18.9 Å². The van der Waals surface area contributed by atoms with Crippen molar-refractivity contribution in [3.8, 4) is 0 Å². The van der Waals surface area contributed by atoms with Crippen molar-refractivity contribution in [1.82, 2.24) is 0 Å². The molecule has 0 fully saturated rings. The van der Waals surface area contributed by atoms with Crippen LogP contribution in [0.3, 0.4) is 0 Å². The van der Waals surface area contributed by atoms with Crippen molar-refractivity contribution in [2.45, 2.75) is 34.3 Å². The highest BCUT2D eigenvalue weighted by Gasteiger charge is 2.10. The standard InChI is InChI=1S/C19H24FNO/c1-14-5-8-16(9-6-14)21-18-11-15(7-10-17(18)20)12-22-13-19(2,3)4/h5-11,21H,12-13H2,1-4H3. The number of rotatable bonds is 5. The Morgan fingerprint density at radius 1 is 1.05 bits per heavy atom. The Bertz CT molecular complexity index is 614. The molecule has 2 aromatic rings. The summed E-state index contributed by atoms with van der Waals surface area (Å²) >= 11 is 0. The van der Waals surface area contributed by atoms with E-state index < -0.39 is 0 Å². The molecule has 118 valence electrons. The second-order valence-corrected chi connectivity index (χ2v) is 6.86. The largest absolute Gasteiger partial charge is 0.376 e. The van der Waals surface area contributed by atoms with E-state index in [4.69, 9.17) is 4.74 Å². The molecule has 0 aliphatic rings. The molecule has 22 heavy (non-hydrogen) atoms. The van der Waals surface area contributed by atoms with Crippen molar-refractivity contribution in [3.05, 3.63) is 59.4 Å². The monoisotopic (exact) mass is 301 g/mol. The summed E-state index contributed by atoms with van der Waals surface area (Å²) in [6, 6.07) is 12.9. The Balaban J connectivity index is 2.05. The molecule has 2 rings (SSSR count). The Morgan fingerprint density at radius 2 is 1.73 bits per heavy atom. The van der Waals surface area contributed by atoms with Crippen LogP contribution in [0, 0.1) is 18.2 Å². The van der Waals surface area contributed by atoms with Crippen LogP contribution in [-0.2, 0) is 11.3 Å². The van der Waals surface area contributed by atoms with Crippen LogP contribution in [0.5, 0.6) is 0 Å². The van der Waals surface area contributed by atoms with Gasteiger partial charge in [0.15, 0.2) is 0 Å². The second-order valence-electron chi connectivity index (χ2n) is 6.86. The fraction of sp³-hybridized carbons (Fsp3) is 0.368. The summed E-state index contributed by atoms with van der Waals surface area (Å²) in [6.45, 7) is 9.56. The lowest BCUT2D eigenvalue weighted by molar-refractivity contribution is 0.0599. The molecular weight excluding hydrogens is 277 g/mol. The molecule has 0 heterocycles. The maximum absolute atomic E-state index is 13.9. The minimum atomic E-state index is -0.264. The highest BCUT2D eigenvalue weighted by molar-refractivity contribution is 5.61. The molecule has 0 atom stereocenters. The summed E-state index contributed by atoms with van der Waals surface area (Å²) in [5.41, 5.74) is 3.61. The minimum absolute atomic E-state index is 0.128. The van der Waals surface area contributed by atoms with Crippen LogP contribution < -0.4 is 5.32 Å². The number of anilines is 2. The lowest BCUT2D eigenvalue weighted by atomic mass is 9.99. The summed E-state index contributed by atoms with van der Waals surface area (Å²) in [7, 11) is 0. The van der Waals surface area contributed by atoms with Gasteiger partial charge in [-0.25, -0.2) is 4.39 Å². The van der Waals surface area contributed by atoms with Gasteiger partial charge in [-0.05, 0) is 42.2 Å². The topological polar surface area (TPSA) is 21.3 Å². The van der Waals surface area contributed by atoms with Gasteiger partial charge in [0.1, 0.15) is 5.82 Å². The van der Waals surface area contributed by atoms with E-state index in [0.29, 0.717) is 18.9 Å². The van der Waals surface area contributed by atoms with Crippen LogP contribution in [0.4, 0.5) is 15.8 Å². The number of hydrogen-bond donors (Lipinski definition) is 1. The predicted molar refractivity (Wildman–Crippen MR) is 90.0 cm³/mol. The zero-order valence-electron chi connectivity index (χ0n) is 13.7. The van der Waals surface area contributed by atoms with Gasteiger partial charge in [-0.1, -0.05) is 44.5 Å². The normalized spacial score (nSPS) is 11.5. The van der Waals surface area contributed by atoms with Gasteiger partial charge in [-0.15, -0.1) is 0 Å². The Hall–Kier alpha value is -1.87. The molecule has 0 spiro atoms. The lowest BCUT2D eigenvalue weighted by Gasteiger charge is -2.18. The molecule has 0 radical (unpaired) electrons. The molecule has 3 heteroatoms. The van der Waals surface area contributed by atoms with E-state index in [1.807, 2.05) is 31.2 Å². The third kappa shape index (κ3) is 5.15. The smallest absolute Gasteiger partial charge is 0.146 e. The van der Waals surface area contributed by atoms with E-state index in [0.717, 1.165) is 11.3 Å².